The fourth-order valence-electron chi connectivity index (χ4n) is 3.77. The Morgan fingerprint density at radius 1 is 1.27 bits per heavy atom. The summed E-state index contributed by atoms with van der Waals surface area (Å²) in [6.45, 7) is 5.85. The molecule has 0 saturated carbocycles. The molecule has 0 aliphatic carbocycles. The monoisotopic (exact) mass is 462 g/mol. The molecular formula is C24H32F2N4O3. The molecule has 7 nitrogen and oxygen atoms in total. The minimum absolute atomic E-state index is 0.0345. The maximum atomic E-state index is 13.4. The number of hydrogen-bond donors (Lipinski definition) is 1. The highest BCUT2D eigenvalue weighted by atomic mass is 19.3. The molecule has 1 aliphatic rings. The zero-order valence-corrected chi connectivity index (χ0v) is 19.7. The van der Waals surface area contributed by atoms with Gasteiger partial charge in [-0.2, -0.15) is 8.78 Å². The van der Waals surface area contributed by atoms with Crippen molar-refractivity contribution in [2.75, 3.05) is 30.4 Å². The second kappa shape index (κ2) is 12.2. The van der Waals surface area contributed by atoms with E-state index in [9.17, 15) is 13.6 Å². The van der Waals surface area contributed by atoms with Crippen LogP contribution in [0, 0.1) is 6.92 Å². The lowest BCUT2D eigenvalue weighted by atomic mass is 9.99. The van der Waals surface area contributed by atoms with Gasteiger partial charge in [0.05, 0.1) is 6.04 Å². The molecule has 0 radical (unpaired) electrons. The Morgan fingerprint density at radius 2 is 1.94 bits per heavy atom. The number of carbonyl (C=O) groups is 2. The van der Waals surface area contributed by atoms with Gasteiger partial charge in [0.15, 0.2) is 0 Å². The van der Waals surface area contributed by atoms with Crippen molar-refractivity contribution >= 4 is 23.7 Å². The third kappa shape index (κ3) is 7.21. The molecule has 1 atom stereocenters. The quantitative estimate of drug-likeness (QED) is 0.607. The zero-order valence-electron chi connectivity index (χ0n) is 19.7. The summed E-state index contributed by atoms with van der Waals surface area (Å²) in [7, 11) is 2.02. The van der Waals surface area contributed by atoms with Crippen LogP contribution in [0.4, 0.5) is 25.0 Å². The lowest BCUT2D eigenvalue weighted by molar-refractivity contribution is -0.106. The molecule has 2 heterocycles. The predicted molar refractivity (Wildman–Crippen MR) is 125 cm³/mol. The fourth-order valence-corrected chi connectivity index (χ4v) is 3.77. The smallest absolute Gasteiger partial charge is 0.388 e. The summed E-state index contributed by atoms with van der Waals surface area (Å²) in [5.74, 6) is -0.0756. The van der Waals surface area contributed by atoms with Gasteiger partial charge in [0.2, 0.25) is 5.88 Å². The summed E-state index contributed by atoms with van der Waals surface area (Å²) in [5.41, 5.74) is 2.50. The Balaban J connectivity index is 0.00000122. The molecule has 1 aliphatic heterocycles. The summed E-state index contributed by atoms with van der Waals surface area (Å²) in [5, 5.41) is 2.75. The number of hydrogen-bond acceptors (Lipinski definition) is 5. The molecule has 0 bridgehead atoms. The van der Waals surface area contributed by atoms with Crippen LogP contribution in [0.5, 0.6) is 5.88 Å². The number of rotatable bonds is 6. The number of amides is 2. The van der Waals surface area contributed by atoms with Gasteiger partial charge in [-0.1, -0.05) is 32.0 Å². The number of aromatic nitrogens is 1. The van der Waals surface area contributed by atoms with E-state index in [1.807, 2.05) is 31.3 Å². The van der Waals surface area contributed by atoms with E-state index in [0.717, 1.165) is 37.0 Å². The van der Waals surface area contributed by atoms with Crippen LogP contribution in [-0.2, 0) is 4.79 Å². The maximum absolute atomic E-state index is 13.4. The first-order valence-electron chi connectivity index (χ1n) is 10.9. The van der Waals surface area contributed by atoms with Crippen molar-refractivity contribution in [3.05, 3.63) is 47.7 Å². The Kier molecular flexibility index (Phi) is 9.72. The van der Waals surface area contributed by atoms with E-state index in [1.165, 1.54) is 13.0 Å². The largest absolute Gasteiger partial charge is 0.415 e. The number of nitrogens with one attached hydrogen (secondary N) is 1. The lowest BCUT2D eigenvalue weighted by Gasteiger charge is -2.32. The van der Waals surface area contributed by atoms with E-state index in [1.54, 1.807) is 17.9 Å². The van der Waals surface area contributed by atoms with Crippen LogP contribution < -0.4 is 15.0 Å². The number of alkyl halides is 2. The van der Waals surface area contributed by atoms with Crippen molar-refractivity contribution < 1.29 is 23.1 Å². The number of anilines is 2. The number of aryl methyl sites for hydroxylation is 1. The van der Waals surface area contributed by atoms with Crippen molar-refractivity contribution in [1.29, 1.82) is 0 Å². The SMILES string of the molecule is CC=O.Cc1ccc(NC(=O)N(c2ccccc2C(C)C)C2CCN(C)C2)c(OC(F)F)n1. The molecule has 2 amide bonds. The first-order valence-corrected chi connectivity index (χ1v) is 10.9. The van der Waals surface area contributed by atoms with Crippen LogP contribution >= 0.6 is 0 Å². The molecule has 1 aromatic carbocycles. The number of aldehydes is 1. The van der Waals surface area contributed by atoms with E-state index in [4.69, 9.17) is 4.79 Å². The van der Waals surface area contributed by atoms with Crippen LogP contribution in [0.25, 0.3) is 0 Å². The molecule has 180 valence electrons. The fraction of sp³-hybridized carbons (Fsp3) is 0.458. The third-order valence-corrected chi connectivity index (χ3v) is 5.21. The molecule has 1 fully saturated rings. The van der Waals surface area contributed by atoms with Crippen LogP contribution in [0.2, 0.25) is 0 Å². The average Bonchev–Trinajstić information content (AvgIpc) is 3.16. The van der Waals surface area contributed by atoms with Crippen LogP contribution in [0.3, 0.4) is 0 Å². The number of ether oxygens (including phenoxy) is 1. The summed E-state index contributed by atoms with van der Waals surface area (Å²) < 4.78 is 30.2. The highest BCUT2D eigenvalue weighted by Gasteiger charge is 2.32. The number of para-hydroxylation sites is 1. The van der Waals surface area contributed by atoms with E-state index >= 15 is 0 Å². The van der Waals surface area contributed by atoms with Gasteiger partial charge in [-0.05, 0) is 63.5 Å². The Bertz CT molecular complexity index is 940. The van der Waals surface area contributed by atoms with Crippen molar-refractivity contribution in [3.8, 4) is 5.88 Å². The number of likely N-dealkylation sites (N-methyl/N-ethyl adjacent to an activating group) is 1. The van der Waals surface area contributed by atoms with Gasteiger partial charge >= 0.3 is 12.6 Å². The standard InChI is InChI=1S/C22H28F2N4O2.C2H4O/c1-14(2)17-7-5-6-8-19(17)28(16-11-12-27(4)13-16)22(29)26-18-10-9-15(3)25-20(18)30-21(23)24;1-2-3/h5-10,14,16,21H,11-13H2,1-4H3,(H,26,29);2H,1H3. The number of halogens is 2. The number of nitrogens with zero attached hydrogens (tertiary/aromatic N) is 3. The van der Waals surface area contributed by atoms with E-state index in [-0.39, 0.29) is 23.5 Å². The van der Waals surface area contributed by atoms with E-state index in [0.29, 0.717) is 5.69 Å². The van der Waals surface area contributed by atoms with Crippen LogP contribution in [0.1, 0.15) is 44.4 Å². The highest BCUT2D eigenvalue weighted by Crippen LogP contribution is 2.32. The van der Waals surface area contributed by atoms with Crippen LogP contribution in [0.15, 0.2) is 36.4 Å². The van der Waals surface area contributed by atoms with Crippen molar-refractivity contribution in [1.82, 2.24) is 9.88 Å². The Labute approximate surface area is 193 Å². The Morgan fingerprint density at radius 3 is 2.52 bits per heavy atom. The molecule has 1 N–H and O–H groups in total. The minimum atomic E-state index is -3.03. The number of urea groups is 1. The second-order valence-electron chi connectivity index (χ2n) is 8.14. The predicted octanol–water partition coefficient (Wildman–Crippen LogP) is 5.06. The minimum Gasteiger partial charge on any atom is -0.415 e. The Hall–Kier alpha value is -3.07. The highest BCUT2D eigenvalue weighted by molar-refractivity contribution is 6.03. The van der Waals surface area contributed by atoms with Gasteiger partial charge < -0.3 is 19.7 Å². The van der Waals surface area contributed by atoms with E-state index in [2.05, 4.69) is 33.8 Å². The zero-order chi connectivity index (χ0) is 24.5. The van der Waals surface area contributed by atoms with Crippen molar-refractivity contribution in [2.45, 2.75) is 52.7 Å². The van der Waals surface area contributed by atoms with Gasteiger partial charge in [0.1, 0.15) is 12.0 Å². The van der Waals surface area contributed by atoms with Gasteiger partial charge in [-0.25, -0.2) is 9.78 Å². The summed E-state index contributed by atoms with van der Waals surface area (Å²) in [6.07, 6.45) is 1.57. The van der Waals surface area contributed by atoms with Gasteiger partial charge in [0.25, 0.3) is 0 Å². The average molecular weight is 463 g/mol. The topological polar surface area (TPSA) is 74.8 Å². The summed E-state index contributed by atoms with van der Waals surface area (Å²) >= 11 is 0. The normalized spacial score (nSPS) is 15.7. The van der Waals surface area contributed by atoms with E-state index < -0.39 is 12.6 Å². The molecule has 2 aromatic rings. The van der Waals surface area contributed by atoms with Gasteiger partial charge in [-0.3, -0.25) is 4.90 Å². The first-order chi connectivity index (χ1) is 15.7. The lowest BCUT2D eigenvalue weighted by Crippen LogP contribution is -2.45. The molecule has 0 spiro atoms. The third-order valence-electron chi connectivity index (χ3n) is 5.21. The van der Waals surface area contributed by atoms with Gasteiger partial charge in [-0.15, -0.1) is 0 Å². The van der Waals surface area contributed by atoms with Crippen LogP contribution in [-0.4, -0.2) is 55.0 Å². The molecular weight excluding hydrogens is 430 g/mol. The molecule has 1 aromatic heterocycles. The number of pyridine rings is 1. The molecule has 33 heavy (non-hydrogen) atoms. The van der Waals surface area contributed by atoms with Crippen molar-refractivity contribution in [3.63, 3.8) is 0 Å². The van der Waals surface area contributed by atoms with Crippen molar-refractivity contribution in [2.24, 2.45) is 0 Å². The second-order valence-corrected chi connectivity index (χ2v) is 8.14. The molecule has 9 heteroatoms. The molecule has 3 rings (SSSR count). The van der Waals surface area contributed by atoms with Gasteiger partial charge in [0, 0.05) is 17.9 Å². The number of carbonyl (C=O) groups excluding carboxylic acids is 2. The summed E-state index contributed by atoms with van der Waals surface area (Å²) in [4.78, 5) is 30.2. The number of likely N-dealkylation sites (tertiary alicyclic amines) is 1. The molecule has 1 unspecified atom stereocenters. The number of benzene rings is 1. The summed E-state index contributed by atoms with van der Waals surface area (Å²) in [6, 6.07) is 10.5. The molecule has 1 saturated heterocycles. The maximum Gasteiger partial charge on any atom is 0.388 e. The first kappa shape index (κ1) is 26.2.